The van der Waals surface area contributed by atoms with E-state index in [1.54, 1.807) is 12.1 Å². The molecule has 0 aliphatic rings. The number of nitrogens with zero attached hydrogens (tertiary/aromatic N) is 1. The van der Waals surface area contributed by atoms with Crippen LogP contribution in [0.4, 0.5) is 8.78 Å². The normalized spacial score (nSPS) is 10.7. The number of nitrogens with one attached hydrogen (secondary N) is 1. The zero-order valence-electron chi connectivity index (χ0n) is 14.2. The molecule has 0 spiro atoms. The minimum atomic E-state index is -0.761. The van der Waals surface area contributed by atoms with Crippen molar-refractivity contribution in [3.05, 3.63) is 90.0 Å². The van der Waals surface area contributed by atoms with Crippen LogP contribution in [0.15, 0.2) is 77.9 Å². The van der Waals surface area contributed by atoms with E-state index in [0.717, 1.165) is 29.5 Å². The number of hydrazone groups is 1. The van der Waals surface area contributed by atoms with Crippen LogP contribution in [0, 0.1) is 11.6 Å². The Balaban J connectivity index is 1.49. The largest absolute Gasteiger partial charge is 0.484 e. The van der Waals surface area contributed by atoms with E-state index < -0.39 is 17.5 Å². The summed E-state index contributed by atoms with van der Waals surface area (Å²) in [7, 11) is 0. The average molecular weight is 366 g/mol. The van der Waals surface area contributed by atoms with Crippen LogP contribution < -0.4 is 10.2 Å². The third-order valence-corrected chi connectivity index (χ3v) is 3.69. The number of halogens is 2. The SMILES string of the molecule is O=C(COc1ccc(-c2ccccc2)cc1)N/N=C\c1ccc(F)cc1F. The standard InChI is InChI=1S/C21H16F2N2O2/c22-18-9-6-17(20(23)12-18)13-24-25-21(26)14-27-19-10-7-16(8-11-19)15-4-2-1-3-5-15/h1-13H,14H2,(H,25,26)/b24-13-. The number of rotatable bonds is 6. The van der Waals surface area contributed by atoms with Gasteiger partial charge in [-0.3, -0.25) is 4.79 Å². The molecule has 0 unspecified atom stereocenters. The summed E-state index contributed by atoms with van der Waals surface area (Å²) < 4.78 is 31.6. The molecule has 0 aliphatic heterocycles. The molecule has 1 N–H and O–H groups in total. The fourth-order valence-electron chi connectivity index (χ4n) is 2.34. The van der Waals surface area contributed by atoms with Gasteiger partial charge in [-0.1, -0.05) is 42.5 Å². The van der Waals surface area contributed by atoms with Crippen LogP contribution in [0.3, 0.4) is 0 Å². The lowest BCUT2D eigenvalue weighted by atomic mass is 10.1. The minimum absolute atomic E-state index is 0.0640. The van der Waals surface area contributed by atoms with Crippen LogP contribution in [0.5, 0.6) is 5.75 Å². The molecule has 3 aromatic rings. The molecule has 0 bridgehead atoms. The molecule has 0 saturated carbocycles. The van der Waals surface area contributed by atoms with Crippen molar-refractivity contribution in [3.8, 4) is 16.9 Å². The zero-order valence-corrected chi connectivity index (χ0v) is 14.2. The number of carbonyl (C=O) groups excluding carboxylic acids is 1. The van der Waals surface area contributed by atoms with E-state index in [-0.39, 0.29) is 12.2 Å². The molecule has 0 aromatic heterocycles. The van der Waals surface area contributed by atoms with E-state index in [9.17, 15) is 13.6 Å². The lowest BCUT2D eigenvalue weighted by molar-refractivity contribution is -0.123. The Kier molecular flexibility index (Phi) is 5.89. The second-order valence-electron chi connectivity index (χ2n) is 5.64. The molecule has 136 valence electrons. The molecule has 3 rings (SSSR count). The first-order valence-electron chi connectivity index (χ1n) is 8.17. The zero-order chi connectivity index (χ0) is 19.1. The fourth-order valence-corrected chi connectivity index (χ4v) is 2.34. The van der Waals surface area contributed by atoms with Gasteiger partial charge in [-0.25, -0.2) is 14.2 Å². The fraction of sp³-hybridized carbons (Fsp3) is 0.0476. The van der Waals surface area contributed by atoms with Crippen LogP contribution in [0.1, 0.15) is 5.56 Å². The Bertz CT molecular complexity index is 942. The maximum absolute atomic E-state index is 13.4. The topological polar surface area (TPSA) is 50.7 Å². The first-order chi connectivity index (χ1) is 13.1. The smallest absolute Gasteiger partial charge is 0.277 e. The van der Waals surface area contributed by atoms with Crippen LogP contribution in [-0.4, -0.2) is 18.7 Å². The molecule has 27 heavy (non-hydrogen) atoms. The van der Waals surface area contributed by atoms with Gasteiger partial charge in [0.15, 0.2) is 6.61 Å². The van der Waals surface area contributed by atoms with Gasteiger partial charge in [0.1, 0.15) is 17.4 Å². The van der Waals surface area contributed by atoms with Crippen LogP contribution in [-0.2, 0) is 4.79 Å². The summed E-state index contributed by atoms with van der Waals surface area (Å²) in [4.78, 5) is 11.7. The monoisotopic (exact) mass is 366 g/mol. The maximum atomic E-state index is 13.4. The van der Waals surface area contributed by atoms with Gasteiger partial charge in [0.25, 0.3) is 5.91 Å². The first-order valence-corrected chi connectivity index (χ1v) is 8.17. The summed E-state index contributed by atoms with van der Waals surface area (Å²) in [6.07, 6.45) is 1.10. The Labute approximate surface area is 155 Å². The molecule has 0 radical (unpaired) electrons. The molecule has 0 aliphatic carbocycles. The lowest BCUT2D eigenvalue weighted by Gasteiger charge is -2.06. The van der Waals surface area contributed by atoms with E-state index in [1.165, 1.54) is 6.07 Å². The predicted molar refractivity (Wildman–Crippen MR) is 99.5 cm³/mol. The molecule has 0 saturated heterocycles. The van der Waals surface area contributed by atoms with Crippen LogP contribution in [0.25, 0.3) is 11.1 Å². The maximum Gasteiger partial charge on any atom is 0.277 e. The lowest BCUT2D eigenvalue weighted by Crippen LogP contribution is -2.24. The Morgan fingerprint density at radius 1 is 0.963 bits per heavy atom. The molecule has 0 fully saturated rings. The van der Waals surface area contributed by atoms with Crippen LogP contribution >= 0.6 is 0 Å². The van der Waals surface area contributed by atoms with Crippen molar-refractivity contribution in [2.24, 2.45) is 5.10 Å². The van der Waals surface area contributed by atoms with E-state index >= 15 is 0 Å². The van der Waals surface area contributed by atoms with Gasteiger partial charge in [-0.05, 0) is 35.4 Å². The van der Waals surface area contributed by atoms with Crippen molar-refractivity contribution < 1.29 is 18.3 Å². The Hall–Kier alpha value is -3.54. The minimum Gasteiger partial charge on any atom is -0.484 e. The van der Waals surface area contributed by atoms with Crippen molar-refractivity contribution in [1.82, 2.24) is 5.43 Å². The Morgan fingerprint density at radius 2 is 1.67 bits per heavy atom. The van der Waals surface area contributed by atoms with E-state index in [4.69, 9.17) is 4.74 Å². The number of ether oxygens (including phenoxy) is 1. The quantitative estimate of drug-likeness (QED) is 0.526. The average Bonchev–Trinajstić information content (AvgIpc) is 2.69. The third kappa shape index (κ3) is 5.22. The number of hydrogen-bond acceptors (Lipinski definition) is 3. The summed E-state index contributed by atoms with van der Waals surface area (Å²) in [6, 6.07) is 20.3. The summed E-state index contributed by atoms with van der Waals surface area (Å²) >= 11 is 0. The van der Waals surface area contributed by atoms with Crippen molar-refractivity contribution >= 4 is 12.1 Å². The van der Waals surface area contributed by atoms with Gasteiger partial charge >= 0.3 is 0 Å². The van der Waals surface area contributed by atoms with E-state index in [1.807, 2.05) is 42.5 Å². The summed E-state index contributed by atoms with van der Waals surface area (Å²) in [5.74, 6) is -1.40. The molecular formula is C21H16F2N2O2. The molecular weight excluding hydrogens is 350 g/mol. The Morgan fingerprint density at radius 3 is 2.37 bits per heavy atom. The highest BCUT2D eigenvalue weighted by Crippen LogP contribution is 2.21. The van der Waals surface area contributed by atoms with Crippen molar-refractivity contribution in [3.63, 3.8) is 0 Å². The van der Waals surface area contributed by atoms with Gasteiger partial charge in [0.2, 0.25) is 0 Å². The van der Waals surface area contributed by atoms with Crippen LogP contribution in [0.2, 0.25) is 0 Å². The van der Waals surface area contributed by atoms with Gasteiger partial charge in [-0.15, -0.1) is 0 Å². The number of benzene rings is 3. The second-order valence-corrected chi connectivity index (χ2v) is 5.64. The van der Waals surface area contributed by atoms with E-state index in [0.29, 0.717) is 5.75 Å². The molecule has 0 atom stereocenters. The van der Waals surface area contributed by atoms with Crippen molar-refractivity contribution in [2.45, 2.75) is 0 Å². The number of amides is 1. The van der Waals surface area contributed by atoms with Gasteiger partial charge in [0.05, 0.1) is 6.21 Å². The van der Waals surface area contributed by atoms with Gasteiger partial charge < -0.3 is 4.74 Å². The first kappa shape index (κ1) is 18.3. The molecule has 4 nitrogen and oxygen atoms in total. The summed E-state index contributed by atoms with van der Waals surface area (Å²) in [6.45, 7) is -0.242. The van der Waals surface area contributed by atoms with E-state index in [2.05, 4.69) is 10.5 Å². The predicted octanol–water partition coefficient (Wildman–Crippen LogP) is 4.16. The third-order valence-electron chi connectivity index (χ3n) is 3.69. The van der Waals surface area contributed by atoms with Gasteiger partial charge in [-0.2, -0.15) is 5.10 Å². The molecule has 0 heterocycles. The molecule has 3 aromatic carbocycles. The number of hydrogen-bond donors (Lipinski definition) is 1. The summed E-state index contributed by atoms with van der Waals surface area (Å²) in [5, 5.41) is 3.63. The van der Waals surface area contributed by atoms with Crippen molar-refractivity contribution in [1.29, 1.82) is 0 Å². The highest BCUT2D eigenvalue weighted by molar-refractivity contribution is 5.83. The van der Waals surface area contributed by atoms with Crippen molar-refractivity contribution in [2.75, 3.05) is 6.61 Å². The second kappa shape index (κ2) is 8.71. The highest BCUT2D eigenvalue weighted by Gasteiger charge is 2.04. The summed E-state index contributed by atoms with van der Waals surface area (Å²) in [5.41, 5.74) is 4.42. The molecule has 6 heteroatoms. The number of carbonyl (C=O) groups is 1. The molecule has 1 amide bonds. The highest BCUT2D eigenvalue weighted by atomic mass is 19.1. The van der Waals surface area contributed by atoms with Gasteiger partial charge in [0, 0.05) is 11.6 Å².